The number of amidine groups is 1. The second-order valence-electron chi connectivity index (χ2n) is 6.62. The molecule has 0 fully saturated rings. The number of nitrogens with two attached hydrogens (primary N) is 2. The average molecular weight is 382 g/mol. The van der Waals surface area contributed by atoms with Crippen molar-refractivity contribution in [2.45, 2.75) is 32.6 Å². The van der Waals surface area contributed by atoms with E-state index in [2.05, 4.69) is 0 Å². The van der Waals surface area contributed by atoms with Gasteiger partial charge < -0.3 is 22.0 Å². The predicted octanol–water partition coefficient (Wildman–Crippen LogP) is 3.32. The van der Waals surface area contributed by atoms with Crippen LogP contribution in [0.1, 0.15) is 42.0 Å². The van der Waals surface area contributed by atoms with Gasteiger partial charge in [-0.3, -0.25) is 10.3 Å². The lowest BCUT2D eigenvalue weighted by molar-refractivity contribution is 0.474. The molecule has 1 aliphatic carbocycles. The van der Waals surface area contributed by atoms with Crippen LogP contribution in [-0.4, -0.2) is 21.8 Å². The van der Waals surface area contributed by atoms with Crippen molar-refractivity contribution in [2.24, 2.45) is 5.73 Å². The molecular formula is C20H23N5OS. The molecule has 0 aliphatic heterocycles. The maximum atomic E-state index is 10.4. The van der Waals surface area contributed by atoms with E-state index in [1.54, 1.807) is 6.07 Å². The number of nitrogens with zero attached hydrogens (tertiary/aromatic N) is 1. The Morgan fingerprint density at radius 1 is 1.15 bits per heavy atom. The number of anilines is 2. The first-order valence-electron chi connectivity index (χ1n) is 8.84. The van der Waals surface area contributed by atoms with Crippen LogP contribution < -0.4 is 16.4 Å². The van der Waals surface area contributed by atoms with Gasteiger partial charge in [-0.05, 0) is 67.2 Å². The number of aromatic hydroxyl groups is 1. The van der Waals surface area contributed by atoms with E-state index in [1.165, 1.54) is 22.1 Å². The molecule has 2 aromatic rings. The summed E-state index contributed by atoms with van der Waals surface area (Å²) in [6, 6.07) is 8.85. The van der Waals surface area contributed by atoms with Gasteiger partial charge in [0.05, 0.1) is 11.3 Å². The molecule has 140 valence electrons. The molecule has 7 N–H and O–H groups in total. The van der Waals surface area contributed by atoms with Crippen molar-refractivity contribution in [3.8, 4) is 5.75 Å². The number of fused-ring (bicyclic) bond motifs is 1. The zero-order valence-electron chi connectivity index (χ0n) is 15.2. The summed E-state index contributed by atoms with van der Waals surface area (Å²) in [6.07, 6.45) is 3.66. The molecule has 0 unspecified atom stereocenters. The quantitative estimate of drug-likeness (QED) is 0.241. The summed E-state index contributed by atoms with van der Waals surface area (Å²) in [7, 11) is 0. The highest BCUT2D eigenvalue weighted by atomic mass is 32.1. The molecule has 27 heavy (non-hydrogen) atoms. The smallest absolute Gasteiger partial charge is 0.176 e. The van der Waals surface area contributed by atoms with Crippen LogP contribution in [-0.2, 0) is 12.8 Å². The van der Waals surface area contributed by atoms with Gasteiger partial charge in [-0.25, -0.2) is 0 Å². The fourth-order valence-corrected chi connectivity index (χ4v) is 3.63. The predicted molar refractivity (Wildman–Crippen MR) is 114 cm³/mol. The minimum Gasteiger partial charge on any atom is -0.507 e. The summed E-state index contributed by atoms with van der Waals surface area (Å²) in [4.78, 5) is 1.43. The fraction of sp³-hybridized carbons (Fsp3) is 0.250. The summed E-state index contributed by atoms with van der Waals surface area (Å²) >= 11 is 5.19. The summed E-state index contributed by atoms with van der Waals surface area (Å²) in [5.74, 6) is -0.198. The molecule has 3 rings (SSSR count). The van der Waals surface area contributed by atoms with E-state index in [1.807, 2.05) is 25.1 Å². The van der Waals surface area contributed by atoms with E-state index in [-0.39, 0.29) is 22.3 Å². The summed E-state index contributed by atoms with van der Waals surface area (Å²) in [5, 5.41) is 27.1. The first-order valence-corrected chi connectivity index (χ1v) is 9.24. The van der Waals surface area contributed by atoms with E-state index in [0.29, 0.717) is 29.1 Å². The maximum Gasteiger partial charge on any atom is 0.176 e. The zero-order valence-corrected chi connectivity index (χ0v) is 16.0. The van der Waals surface area contributed by atoms with Crippen molar-refractivity contribution in [2.75, 3.05) is 10.6 Å². The van der Waals surface area contributed by atoms with Gasteiger partial charge in [-0.2, -0.15) is 0 Å². The number of phenolic OH excluding ortho intramolecular Hbond substituents is 1. The third-order valence-electron chi connectivity index (χ3n) is 4.89. The molecule has 2 aromatic carbocycles. The molecule has 0 atom stereocenters. The topological polar surface area (TPSA) is 123 Å². The van der Waals surface area contributed by atoms with Crippen molar-refractivity contribution < 1.29 is 5.11 Å². The second-order valence-corrected chi connectivity index (χ2v) is 7.04. The van der Waals surface area contributed by atoms with Crippen LogP contribution in [0.2, 0.25) is 0 Å². The van der Waals surface area contributed by atoms with Gasteiger partial charge in [0.1, 0.15) is 11.6 Å². The van der Waals surface area contributed by atoms with Crippen LogP contribution in [0, 0.1) is 10.8 Å². The van der Waals surface area contributed by atoms with Crippen molar-refractivity contribution in [1.29, 1.82) is 10.8 Å². The highest BCUT2D eigenvalue weighted by molar-refractivity contribution is 7.80. The van der Waals surface area contributed by atoms with Gasteiger partial charge in [0.2, 0.25) is 0 Å². The molecule has 7 heteroatoms. The maximum absolute atomic E-state index is 10.4. The van der Waals surface area contributed by atoms with Crippen LogP contribution in [0.25, 0.3) is 0 Å². The molecule has 0 bridgehead atoms. The molecule has 0 saturated heterocycles. The molecule has 1 aliphatic rings. The number of hydrogen-bond acceptors (Lipinski definition) is 5. The number of thiocarbonyl (C=S) groups is 1. The number of benzene rings is 2. The van der Waals surface area contributed by atoms with Gasteiger partial charge in [0.15, 0.2) is 5.11 Å². The summed E-state index contributed by atoms with van der Waals surface area (Å²) in [5.41, 5.74) is 16.5. The first-order chi connectivity index (χ1) is 12.8. The molecular weight excluding hydrogens is 358 g/mol. The zero-order chi connectivity index (χ0) is 19.7. The van der Waals surface area contributed by atoms with Gasteiger partial charge in [0.25, 0.3) is 0 Å². The normalized spacial score (nSPS) is 12.5. The van der Waals surface area contributed by atoms with Gasteiger partial charge in [-0.1, -0.05) is 13.0 Å². The van der Waals surface area contributed by atoms with Crippen LogP contribution in [0.3, 0.4) is 0 Å². The van der Waals surface area contributed by atoms with Gasteiger partial charge in [0, 0.05) is 23.0 Å². The SMILES string of the molecule is CCC(=N)c1cc(C(=N)N(C(N)=S)c2ccc3c(c2)CCC3)c(O)cc1N. The second kappa shape index (κ2) is 7.36. The summed E-state index contributed by atoms with van der Waals surface area (Å²) < 4.78 is 0. The molecule has 0 radical (unpaired) electrons. The third-order valence-corrected chi connectivity index (χ3v) is 5.07. The average Bonchev–Trinajstić information content (AvgIpc) is 3.08. The Morgan fingerprint density at radius 3 is 2.52 bits per heavy atom. The Morgan fingerprint density at radius 2 is 1.85 bits per heavy atom. The van der Waals surface area contributed by atoms with Crippen molar-refractivity contribution >= 4 is 40.3 Å². The van der Waals surface area contributed by atoms with Crippen LogP contribution in [0.15, 0.2) is 30.3 Å². The minimum atomic E-state index is -0.146. The van der Waals surface area contributed by atoms with Crippen molar-refractivity contribution in [3.05, 3.63) is 52.6 Å². The lowest BCUT2D eigenvalue weighted by Gasteiger charge is -2.25. The summed E-state index contributed by atoms with van der Waals surface area (Å²) in [6.45, 7) is 1.85. The molecule has 0 heterocycles. The number of nitrogens with one attached hydrogen (secondary N) is 2. The molecule has 0 saturated carbocycles. The van der Waals surface area contributed by atoms with Crippen LogP contribution >= 0.6 is 12.2 Å². The monoisotopic (exact) mass is 381 g/mol. The Balaban J connectivity index is 2.06. The lowest BCUT2D eigenvalue weighted by atomic mass is 10.0. The lowest BCUT2D eigenvalue weighted by Crippen LogP contribution is -2.41. The number of rotatable bonds is 4. The number of nitrogen functional groups attached to an aromatic ring is 1. The first kappa shape index (κ1) is 18.8. The Hall–Kier alpha value is -2.93. The Bertz CT molecular complexity index is 954. The molecule has 6 nitrogen and oxygen atoms in total. The standard InChI is InChI=1S/C20H23N5OS/c1-2-16(21)14-9-15(18(26)10-17(14)22)19(23)25(20(24)27)13-7-6-11-4-3-5-12(11)8-13/h6-10,21,23,26H,2-5,22H2,1H3,(H2,24,27). The van der Waals surface area contributed by atoms with E-state index >= 15 is 0 Å². The van der Waals surface area contributed by atoms with Crippen LogP contribution in [0.5, 0.6) is 5.75 Å². The highest BCUT2D eigenvalue weighted by Crippen LogP contribution is 2.31. The van der Waals surface area contributed by atoms with E-state index in [0.717, 1.165) is 19.3 Å². The third kappa shape index (κ3) is 3.50. The van der Waals surface area contributed by atoms with E-state index in [9.17, 15) is 5.11 Å². The molecule has 0 amide bonds. The fourth-order valence-electron chi connectivity index (χ4n) is 3.43. The van der Waals surface area contributed by atoms with E-state index in [4.69, 9.17) is 34.5 Å². The van der Waals surface area contributed by atoms with Crippen LogP contribution in [0.4, 0.5) is 11.4 Å². The molecule has 0 spiro atoms. The minimum absolute atomic E-state index is 0.0151. The molecule has 0 aromatic heterocycles. The number of aryl methyl sites for hydroxylation is 2. The van der Waals surface area contributed by atoms with Crippen molar-refractivity contribution in [3.63, 3.8) is 0 Å². The largest absolute Gasteiger partial charge is 0.507 e. The highest BCUT2D eigenvalue weighted by Gasteiger charge is 2.23. The Kier molecular flexibility index (Phi) is 5.14. The van der Waals surface area contributed by atoms with Crippen molar-refractivity contribution in [1.82, 2.24) is 0 Å². The number of phenols is 1. The van der Waals surface area contributed by atoms with E-state index < -0.39 is 0 Å². The van der Waals surface area contributed by atoms with Gasteiger partial charge in [-0.15, -0.1) is 0 Å². The number of hydrogen-bond donors (Lipinski definition) is 5. The Labute approximate surface area is 163 Å². The van der Waals surface area contributed by atoms with Gasteiger partial charge >= 0.3 is 0 Å².